The molecule has 0 bridgehead atoms. The zero-order valence-electron chi connectivity index (χ0n) is 13.5. The predicted octanol–water partition coefficient (Wildman–Crippen LogP) is 2.64. The van der Waals surface area contributed by atoms with Crippen LogP contribution in [0.4, 0.5) is 5.69 Å². The molecule has 0 heterocycles. The summed E-state index contributed by atoms with van der Waals surface area (Å²) in [5, 5.41) is 5.59. The van der Waals surface area contributed by atoms with E-state index < -0.39 is 23.9 Å². The minimum atomic E-state index is -1.00. The first-order valence-corrected chi connectivity index (χ1v) is 7.92. The lowest BCUT2D eigenvalue weighted by molar-refractivity contribution is -0.152. The molecule has 0 aliphatic rings. The molecule has 0 fully saturated rings. The van der Waals surface area contributed by atoms with Gasteiger partial charge in [-0.05, 0) is 43.3 Å². The number of esters is 1. The smallest absolute Gasteiger partial charge is 0.326 e. The normalized spacial score (nSPS) is 11.3. The van der Waals surface area contributed by atoms with Crippen LogP contribution in [0.3, 0.4) is 0 Å². The number of anilines is 1. The van der Waals surface area contributed by atoms with Crippen molar-refractivity contribution in [2.75, 3.05) is 11.9 Å². The van der Waals surface area contributed by atoms with Gasteiger partial charge in [-0.15, -0.1) is 0 Å². The zero-order valence-corrected chi connectivity index (χ0v) is 14.2. The predicted molar refractivity (Wildman–Crippen MR) is 94.4 cm³/mol. The van der Waals surface area contributed by atoms with Crippen molar-refractivity contribution in [3.63, 3.8) is 0 Å². The second kappa shape index (κ2) is 8.84. The second-order valence-electron chi connectivity index (χ2n) is 5.18. The van der Waals surface area contributed by atoms with Gasteiger partial charge in [0.15, 0.2) is 6.10 Å². The van der Waals surface area contributed by atoms with E-state index >= 15 is 0 Å². The number of hydrogen-bond acceptors (Lipinski definition) is 4. The maximum absolute atomic E-state index is 12.0. The van der Waals surface area contributed by atoms with Gasteiger partial charge in [0.25, 0.3) is 11.8 Å². The summed E-state index contributed by atoms with van der Waals surface area (Å²) in [6.07, 6.45) is -1.00. The van der Waals surface area contributed by atoms with E-state index in [0.717, 1.165) is 0 Å². The van der Waals surface area contributed by atoms with Crippen LogP contribution in [0.1, 0.15) is 17.3 Å². The molecule has 2 aromatic rings. The van der Waals surface area contributed by atoms with Crippen molar-refractivity contribution in [1.82, 2.24) is 5.32 Å². The van der Waals surface area contributed by atoms with Crippen LogP contribution < -0.4 is 10.6 Å². The molecular weight excluding hydrogens is 344 g/mol. The summed E-state index contributed by atoms with van der Waals surface area (Å²) in [7, 11) is 0. The highest BCUT2D eigenvalue weighted by molar-refractivity contribution is 6.30. The molecule has 2 aromatic carbocycles. The monoisotopic (exact) mass is 360 g/mol. The van der Waals surface area contributed by atoms with Gasteiger partial charge < -0.3 is 15.4 Å². The van der Waals surface area contributed by atoms with Crippen LogP contribution >= 0.6 is 11.6 Å². The molecule has 130 valence electrons. The Kier molecular flexibility index (Phi) is 6.54. The van der Waals surface area contributed by atoms with Crippen molar-refractivity contribution in [2.45, 2.75) is 13.0 Å². The number of rotatable bonds is 6. The zero-order chi connectivity index (χ0) is 18.2. The Hall–Kier alpha value is -2.86. The number of ether oxygens (including phenoxy) is 1. The first kappa shape index (κ1) is 18.5. The van der Waals surface area contributed by atoms with Gasteiger partial charge in [-0.3, -0.25) is 14.4 Å². The third-order valence-electron chi connectivity index (χ3n) is 3.22. The van der Waals surface area contributed by atoms with Crippen LogP contribution in [0, 0.1) is 0 Å². The molecule has 0 saturated heterocycles. The van der Waals surface area contributed by atoms with Gasteiger partial charge >= 0.3 is 5.97 Å². The van der Waals surface area contributed by atoms with Crippen LogP contribution in [0.5, 0.6) is 0 Å². The number of nitrogens with one attached hydrogen (secondary N) is 2. The van der Waals surface area contributed by atoms with Gasteiger partial charge in [-0.2, -0.15) is 0 Å². The second-order valence-corrected chi connectivity index (χ2v) is 5.61. The number of benzene rings is 2. The van der Waals surface area contributed by atoms with E-state index in [1.165, 1.54) is 6.92 Å². The van der Waals surface area contributed by atoms with Crippen molar-refractivity contribution < 1.29 is 19.1 Å². The Balaban J connectivity index is 1.78. The Labute approximate surface area is 150 Å². The lowest BCUT2D eigenvalue weighted by Crippen LogP contribution is -2.35. The van der Waals surface area contributed by atoms with Crippen molar-refractivity contribution in [3.05, 3.63) is 65.2 Å². The Morgan fingerprint density at radius 2 is 1.68 bits per heavy atom. The third-order valence-corrected chi connectivity index (χ3v) is 3.47. The topological polar surface area (TPSA) is 84.5 Å². The largest absolute Gasteiger partial charge is 0.451 e. The van der Waals surface area contributed by atoms with E-state index in [-0.39, 0.29) is 6.54 Å². The number of carbonyl (C=O) groups is 3. The first-order chi connectivity index (χ1) is 12.0. The van der Waals surface area contributed by atoms with Gasteiger partial charge in [0.05, 0.1) is 0 Å². The highest BCUT2D eigenvalue weighted by atomic mass is 35.5. The molecule has 2 N–H and O–H groups in total. The first-order valence-electron chi connectivity index (χ1n) is 7.55. The van der Waals surface area contributed by atoms with E-state index in [2.05, 4.69) is 10.6 Å². The summed E-state index contributed by atoms with van der Waals surface area (Å²) in [5.41, 5.74) is 0.971. The van der Waals surface area contributed by atoms with Crippen LogP contribution in [0.2, 0.25) is 5.02 Å². The van der Waals surface area contributed by atoms with Crippen molar-refractivity contribution in [3.8, 4) is 0 Å². The van der Waals surface area contributed by atoms with E-state index in [1.54, 1.807) is 54.6 Å². The fourth-order valence-electron chi connectivity index (χ4n) is 1.91. The molecule has 25 heavy (non-hydrogen) atoms. The van der Waals surface area contributed by atoms with E-state index in [1.807, 2.05) is 0 Å². The summed E-state index contributed by atoms with van der Waals surface area (Å²) in [4.78, 5) is 35.6. The molecule has 1 unspecified atom stereocenters. The molecule has 0 aliphatic heterocycles. The highest BCUT2D eigenvalue weighted by Crippen LogP contribution is 2.13. The van der Waals surface area contributed by atoms with Gasteiger partial charge in [0, 0.05) is 16.3 Å². The molecule has 0 spiro atoms. The lowest BCUT2D eigenvalue weighted by atomic mass is 10.2. The lowest BCUT2D eigenvalue weighted by Gasteiger charge is -2.14. The average Bonchev–Trinajstić information content (AvgIpc) is 2.62. The van der Waals surface area contributed by atoms with Crippen LogP contribution in [-0.4, -0.2) is 30.4 Å². The van der Waals surface area contributed by atoms with Crippen LogP contribution in [0.15, 0.2) is 54.6 Å². The maximum Gasteiger partial charge on any atom is 0.326 e. The Morgan fingerprint density at radius 1 is 1.04 bits per heavy atom. The van der Waals surface area contributed by atoms with E-state index in [0.29, 0.717) is 16.3 Å². The number of amides is 2. The highest BCUT2D eigenvalue weighted by Gasteiger charge is 2.18. The van der Waals surface area contributed by atoms with Crippen molar-refractivity contribution in [2.24, 2.45) is 0 Å². The molecule has 1 atom stereocenters. The summed E-state index contributed by atoms with van der Waals surface area (Å²) in [6, 6.07) is 15.0. The molecule has 0 saturated carbocycles. The van der Waals surface area contributed by atoms with E-state index in [9.17, 15) is 14.4 Å². The SMILES string of the molecule is CC(OC(=O)CNC(=O)c1ccccc1)C(=O)Nc1ccc(Cl)cc1. The molecule has 0 radical (unpaired) electrons. The molecule has 2 rings (SSSR count). The van der Waals surface area contributed by atoms with Crippen molar-refractivity contribution in [1.29, 1.82) is 0 Å². The van der Waals surface area contributed by atoms with Gasteiger partial charge in [0.2, 0.25) is 0 Å². The van der Waals surface area contributed by atoms with Crippen molar-refractivity contribution >= 4 is 35.1 Å². The van der Waals surface area contributed by atoms with Gasteiger partial charge in [-0.1, -0.05) is 29.8 Å². The maximum atomic E-state index is 12.0. The minimum absolute atomic E-state index is 0.327. The molecule has 2 amide bonds. The fraction of sp³-hybridized carbons (Fsp3) is 0.167. The fourth-order valence-corrected chi connectivity index (χ4v) is 2.04. The van der Waals surface area contributed by atoms with Crippen LogP contribution in [0.25, 0.3) is 0 Å². The summed E-state index contributed by atoms with van der Waals surface area (Å²) < 4.78 is 5.00. The third kappa shape index (κ3) is 5.93. The Morgan fingerprint density at radius 3 is 2.32 bits per heavy atom. The molecule has 6 nitrogen and oxygen atoms in total. The summed E-state index contributed by atoms with van der Waals surface area (Å²) >= 11 is 5.77. The molecular formula is C18H17ClN2O4. The molecule has 7 heteroatoms. The van der Waals surface area contributed by atoms with Gasteiger partial charge in [-0.25, -0.2) is 0 Å². The Bertz CT molecular complexity index is 747. The molecule has 0 aliphatic carbocycles. The number of hydrogen-bond donors (Lipinski definition) is 2. The van der Waals surface area contributed by atoms with Crippen LogP contribution in [-0.2, 0) is 14.3 Å². The van der Waals surface area contributed by atoms with Gasteiger partial charge in [0.1, 0.15) is 6.54 Å². The number of carbonyl (C=O) groups excluding carboxylic acids is 3. The van der Waals surface area contributed by atoms with E-state index in [4.69, 9.17) is 16.3 Å². The standard InChI is InChI=1S/C18H17ClN2O4/c1-12(17(23)21-15-9-7-14(19)8-10-15)25-16(22)11-20-18(24)13-5-3-2-4-6-13/h2-10,12H,11H2,1H3,(H,20,24)(H,21,23). The number of halogens is 1. The average molecular weight is 361 g/mol. The summed E-state index contributed by atoms with van der Waals surface area (Å²) in [5.74, 6) is -1.58. The summed E-state index contributed by atoms with van der Waals surface area (Å²) in [6.45, 7) is 1.12. The molecule has 0 aromatic heterocycles. The quantitative estimate of drug-likeness (QED) is 0.775. The minimum Gasteiger partial charge on any atom is -0.451 e.